The van der Waals surface area contributed by atoms with Gasteiger partial charge in [0, 0.05) is 13.6 Å². The number of fused-ring (bicyclic) bond motifs is 1. The van der Waals surface area contributed by atoms with Crippen LogP contribution in [0, 0.1) is 0 Å². The fourth-order valence-corrected chi connectivity index (χ4v) is 4.83. The van der Waals surface area contributed by atoms with Crippen LogP contribution in [-0.4, -0.2) is 46.2 Å². The predicted molar refractivity (Wildman–Crippen MR) is 127 cm³/mol. The number of rotatable bonds is 8. The second-order valence-electron chi connectivity index (χ2n) is 7.26. The third-order valence-electron chi connectivity index (χ3n) is 4.99. The topological polar surface area (TPSA) is 94.6 Å². The third-order valence-corrected chi connectivity index (χ3v) is 6.68. The molecule has 3 heterocycles. The molecule has 0 atom stereocenters. The largest absolute Gasteiger partial charge is 0.467 e. The summed E-state index contributed by atoms with van der Waals surface area (Å²) in [5.41, 5.74) is 1.44. The molecule has 33 heavy (non-hydrogen) atoms. The molecule has 10 heteroatoms. The Hall–Kier alpha value is -3.37. The van der Waals surface area contributed by atoms with E-state index in [1.807, 2.05) is 16.8 Å². The van der Waals surface area contributed by atoms with Gasteiger partial charge in [-0.05, 0) is 52.7 Å². The molecular weight excluding hydrogens is 462 g/mol. The molecule has 1 amide bonds. The van der Waals surface area contributed by atoms with Crippen LogP contribution in [0.25, 0.3) is 10.9 Å². The number of carbonyl (C=O) groups is 2. The smallest absolute Gasteiger partial charge is 0.337 e. The first kappa shape index (κ1) is 22.8. The van der Waals surface area contributed by atoms with Crippen molar-refractivity contribution in [3.8, 4) is 0 Å². The summed E-state index contributed by atoms with van der Waals surface area (Å²) in [5, 5.41) is 4.70. The monoisotopic (exact) mass is 483 g/mol. The van der Waals surface area contributed by atoms with Crippen LogP contribution in [0.5, 0.6) is 0 Å². The number of methoxy groups -OCH3 is 1. The molecular formula is C23H21N3O5S2. The summed E-state index contributed by atoms with van der Waals surface area (Å²) in [7, 11) is 3.04. The Morgan fingerprint density at radius 1 is 1.27 bits per heavy atom. The Balaban J connectivity index is 1.65. The molecule has 0 bridgehead atoms. The molecule has 0 unspecified atom stereocenters. The molecule has 0 N–H and O–H groups in total. The third kappa shape index (κ3) is 5.18. The molecule has 3 aromatic heterocycles. The highest BCUT2D eigenvalue weighted by atomic mass is 32.2. The molecule has 0 aliphatic rings. The second kappa shape index (κ2) is 10.1. The predicted octanol–water partition coefficient (Wildman–Crippen LogP) is 3.64. The first-order valence-corrected chi connectivity index (χ1v) is 11.9. The second-order valence-corrected chi connectivity index (χ2v) is 8.98. The van der Waals surface area contributed by atoms with Crippen LogP contribution in [0.4, 0.5) is 0 Å². The van der Waals surface area contributed by atoms with E-state index >= 15 is 0 Å². The summed E-state index contributed by atoms with van der Waals surface area (Å²) in [4.78, 5) is 44.2. The minimum absolute atomic E-state index is 0.0894. The number of esters is 1. The van der Waals surface area contributed by atoms with Crippen molar-refractivity contribution in [1.29, 1.82) is 0 Å². The molecule has 0 spiro atoms. The Labute approximate surface area is 197 Å². The lowest BCUT2D eigenvalue weighted by Crippen LogP contribution is -2.29. The lowest BCUT2D eigenvalue weighted by molar-refractivity contribution is -0.127. The van der Waals surface area contributed by atoms with Crippen LogP contribution in [-0.2, 0) is 22.6 Å². The van der Waals surface area contributed by atoms with Gasteiger partial charge in [0.15, 0.2) is 5.16 Å². The van der Waals surface area contributed by atoms with E-state index in [9.17, 15) is 14.4 Å². The van der Waals surface area contributed by atoms with Crippen molar-refractivity contribution in [2.45, 2.75) is 18.2 Å². The Morgan fingerprint density at radius 3 is 2.82 bits per heavy atom. The van der Waals surface area contributed by atoms with E-state index in [0.717, 1.165) is 5.56 Å². The minimum Gasteiger partial charge on any atom is -0.467 e. The molecule has 0 aliphatic heterocycles. The molecule has 0 aliphatic carbocycles. The van der Waals surface area contributed by atoms with Crippen LogP contribution in [0.15, 0.2) is 67.8 Å². The highest BCUT2D eigenvalue weighted by molar-refractivity contribution is 7.99. The van der Waals surface area contributed by atoms with Crippen LogP contribution >= 0.6 is 23.1 Å². The zero-order valence-electron chi connectivity index (χ0n) is 18.0. The molecule has 0 saturated heterocycles. The molecule has 1 aromatic carbocycles. The van der Waals surface area contributed by atoms with E-state index in [2.05, 4.69) is 4.98 Å². The van der Waals surface area contributed by atoms with Crippen molar-refractivity contribution >= 4 is 45.9 Å². The van der Waals surface area contributed by atoms with Crippen molar-refractivity contribution in [2.75, 3.05) is 19.9 Å². The number of hydrogen-bond acceptors (Lipinski definition) is 8. The summed E-state index contributed by atoms with van der Waals surface area (Å²) >= 11 is 2.75. The average Bonchev–Trinajstić information content (AvgIpc) is 3.53. The normalized spacial score (nSPS) is 11.0. The van der Waals surface area contributed by atoms with Gasteiger partial charge in [0.05, 0.1) is 42.1 Å². The number of carbonyl (C=O) groups excluding carboxylic acids is 2. The maximum atomic E-state index is 13.3. The zero-order chi connectivity index (χ0) is 23.4. The number of hydrogen-bond donors (Lipinski definition) is 0. The molecule has 0 fully saturated rings. The van der Waals surface area contributed by atoms with E-state index in [1.54, 1.807) is 41.5 Å². The van der Waals surface area contributed by atoms with Crippen molar-refractivity contribution in [3.05, 3.63) is 80.7 Å². The van der Waals surface area contributed by atoms with Gasteiger partial charge in [-0.1, -0.05) is 11.8 Å². The van der Waals surface area contributed by atoms with Gasteiger partial charge in [-0.2, -0.15) is 11.3 Å². The van der Waals surface area contributed by atoms with Gasteiger partial charge in [-0.25, -0.2) is 9.78 Å². The lowest BCUT2D eigenvalue weighted by Gasteiger charge is -2.17. The number of nitrogens with zero attached hydrogens (tertiary/aromatic N) is 3. The Kier molecular flexibility index (Phi) is 6.95. The van der Waals surface area contributed by atoms with E-state index in [4.69, 9.17) is 9.15 Å². The number of thiophene rings is 1. The van der Waals surface area contributed by atoms with Gasteiger partial charge >= 0.3 is 5.97 Å². The van der Waals surface area contributed by atoms with Gasteiger partial charge in [-0.15, -0.1) is 0 Å². The van der Waals surface area contributed by atoms with Crippen LogP contribution in [0.3, 0.4) is 0 Å². The number of thioether (sulfide) groups is 1. The lowest BCUT2D eigenvalue weighted by atomic mass is 10.1. The van der Waals surface area contributed by atoms with E-state index in [0.29, 0.717) is 33.9 Å². The molecule has 170 valence electrons. The summed E-state index contributed by atoms with van der Waals surface area (Å²) in [6.45, 7) is 0.685. The highest BCUT2D eigenvalue weighted by Gasteiger charge is 2.18. The number of furan rings is 1. The van der Waals surface area contributed by atoms with Gasteiger partial charge < -0.3 is 14.1 Å². The fourth-order valence-electron chi connectivity index (χ4n) is 3.23. The summed E-state index contributed by atoms with van der Waals surface area (Å²) in [6, 6.07) is 10.1. The summed E-state index contributed by atoms with van der Waals surface area (Å²) in [5.74, 6) is 0.0893. The van der Waals surface area contributed by atoms with Crippen LogP contribution in [0.2, 0.25) is 0 Å². The number of aromatic nitrogens is 2. The standard InChI is InChI=1S/C23H21N3O5S2/c1-25(11-15-7-9-32-13-15)20(27)14-33-23-24-19-10-16(22(29)30-2)5-6-18(19)21(28)26(23)12-17-4-3-8-31-17/h3-10,13H,11-12,14H2,1-2H3. The summed E-state index contributed by atoms with van der Waals surface area (Å²) < 4.78 is 11.7. The van der Waals surface area contributed by atoms with E-state index in [-0.39, 0.29) is 23.8 Å². The SMILES string of the molecule is COC(=O)c1ccc2c(=O)n(Cc3ccco3)c(SCC(=O)N(C)Cc3ccsc3)nc2c1. The maximum absolute atomic E-state index is 13.3. The maximum Gasteiger partial charge on any atom is 0.337 e. The molecule has 0 radical (unpaired) electrons. The van der Waals surface area contributed by atoms with Crippen LogP contribution < -0.4 is 5.56 Å². The molecule has 4 aromatic rings. The van der Waals surface area contributed by atoms with Gasteiger partial charge in [0.2, 0.25) is 5.91 Å². The highest BCUT2D eigenvalue weighted by Crippen LogP contribution is 2.21. The van der Waals surface area contributed by atoms with Gasteiger partial charge in [-0.3, -0.25) is 14.2 Å². The van der Waals surface area contributed by atoms with E-state index in [1.165, 1.54) is 41.8 Å². The average molecular weight is 484 g/mol. The van der Waals surface area contributed by atoms with Crippen molar-refractivity contribution in [1.82, 2.24) is 14.5 Å². The zero-order valence-corrected chi connectivity index (χ0v) is 19.6. The molecule has 0 saturated carbocycles. The number of benzene rings is 1. The first-order valence-electron chi connectivity index (χ1n) is 9.99. The van der Waals surface area contributed by atoms with Crippen molar-refractivity contribution in [2.24, 2.45) is 0 Å². The Bertz CT molecular complexity index is 1330. The molecule has 4 rings (SSSR count). The van der Waals surface area contributed by atoms with Crippen molar-refractivity contribution < 1.29 is 18.7 Å². The first-order chi connectivity index (χ1) is 16.0. The number of amides is 1. The Morgan fingerprint density at radius 2 is 2.12 bits per heavy atom. The fraction of sp³-hybridized carbons (Fsp3) is 0.217. The van der Waals surface area contributed by atoms with Crippen molar-refractivity contribution in [3.63, 3.8) is 0 Å². The summed E-state index contributed by atoms with van der Waals surface area (Å²) in [6.07, 6.45) is 1.53. The van der Waals surface area contributed by atoms with Gasteiger partial charge in [0.1, 0.15) is 5.76 Å². The number of ether oxygens (including phenoxy) is 1. The minimum atomic E-state index is -0.516. The van der Waals surface area contributed by atoms with Gasteiger partial charge in [0.25, 0.3) is 5.56 Å². The van der Waals surface area contributed by atoms with E-state index < -0.39 is 5.97 Å². The quantitative estimate of drug-likeness (QED) is 0.215. The molecule has 8 nitrogen and oxygen atoms in total. The van der Waals surface area contributed by atoms with Crippen LogP contribution in [0.1, 0.15) is 21.7 Å².